The van der Waals surface area contributed by atoms with Gasteiger partial charge in [0.15, 0.2) is 0 Å². The van der Waals surface area contributed by atoms with E-state index in [0.29, 0.717) is 5.02 Å². The summed E-state index contributed by atoms with van der Waals surface area (Å²) in [6.07, 6.45) is -0.542. The molecule has 0 saturated carbocycles. The van der Waals surface area contributed by atoms with Gasteiger partial charge in [-0.1, -0.05) is 17.7 Å². The molecule has 0 spiro atoms. The molecule has 0 aliphatic heterocycles. The molecule has 1 aromatic rings. The molecule has 146 valence electrons. The molecule has 0 radical (unpaired) electrons. The van der Waals surface area contributed by atoms with Crippen LogP contribution in [0.3, 0.4) is 0 Å². The first-order valence-electron chi connectivity index (χ1n) is 7.98. The van der Waals surface area contributed by atoms with E-state index < -0.39 is 21.7 Å². The van der Waals surface area contributed by atoms with Gasteiger partial charge in [0, 0.05) is 31.1 Å². The van der Waals surface area contributed by atoms with Gasteiger partial charge in [0.05, 0.1) is 4.90 Å². The fraction of sp³-hybridized carbons (Fsp3) is 0.500. The third kappa shape index (κ3) is 9.02. The van der Waals surface area contributed by atoms with E-state index in [4.69, 9.17) is 16.3 Å². The average Bonchev–Trinajstić information content (AvgIpc) is 2.50. The van der Waals surface area contributed by atoms with Crippen LogP contribution in [0.1, 0.15) is 27.2 Å². The highest BCUT2D eigenvalue weighted by molar-refractivity contribution is 7.89. The summed E-state index contributed by atoms with van der Waals surface area (Å²) in [5.74, 6) is -0.317. The van der Waals surface area contributed by atoms with Crippen molar-refractivity contribution in [1.29, 1.82) is 0 Å². The number of sulfonamides is 1. The Bertz CT molecular complexity index is 732. The summed E-state index contributed by atoms with van der Waals surface area (Å²) in [7, 11) is -3.69. The van der Waals surface area contributed by atoms with E-state index in [0.717, 1.165) is 0 Å². The molecule has 0 aliphatic rings. The Morgan fingerprint density at radius 3 is 2.42 bits per heavy atom. The third-order valence-electron chi connectivity index (χ3n) is 2.87. The van der Waals surface area contributed by atoms with Gasteiger partial charge in [-0.05, 0) is 39.0 Å². The molecular formula is C16H24ClN3O5S. The number of halogens is 1. The Labute approximate surface area is 158 Å². The van der Waals surface area contributed by atoms with Crippen molar-refractivity contribution < 1.29 is 22.7 Å². The van der Waals surface area contributed by atoms with E-state index in [1.54, 1.807) is 26.8 Å². The third-order valence-corrected chi connectivity index (χ3v) is 4.56. The summed E-state index contributed by atoms with van der Waals surface area (Å²) in [5.41, 5.74) is -0.605. The molecule has 0 fully saturated rings. The number of carbonyl (C=O) groups is 2. The summed E-state index contributed by atoms with van der Waals surface area (Å²) in [5, 5.41) is 5.34. The standard InChI is InChI=1S/C16H24ClN3O5S/c1-16(2,3)25-15(22)19-8-7-14(21)18-9-10-20-26(23,24)13-6-4-5-12(17)11-13/h4-6,11,20H,7-10H2,1-3H3,(H,18,21)(H,19,22). The second-order valence-electron chi connectivity index (χ2n) is 6.38. The van der Waals surface area contributed by atoms with Crippen molar-refractivity contribution >= 4 is 33.6 Å². The first kappa shape index (κ1) is 22.2. The fourth-order valence-electron chi connectivity index (χ4n) is 1.79. The highest BCUT2D eigenvalue weighted by Crippen LogP contribution is 2.14. The number of amides is 2. The number of hydrogen-bond donors (Lipinski definition) is 3. The predicted octanol–water partition coefficient (Wildman–Crippen LogP) is 1.65. The van der Waals surface area contributed by atoms with Crippen LogP contribution in [0.4, 0.5) is 4.79 Å². The maximum Gasteiger partial charge on any atom is 0.407 e. The first-order chi connectivity index (χ1) is 12.0. The maximum absolute atomic E-state index is 12.0. The van der Waals surface area contributed by atoms with Crippen molar-refractivity contribution in [3.8, 4) is 0 Å². The zero-order valence-electron chi connectivity index (χ0n) is 15.0. The Morgan fingerprint density at radius 1 is 1.12 bits per heavy atom. The Kier molecular flexibility index (Phi) is 8.32. The van der Waals surface area contributed by atoms with Gasteiger partial charge in [0.1, 0.15) is 5.60 Å². The Hall–Kier alpha value is -1.84. The number of benzene rings is 1. The first-order valence-corrected chi connectivity index (χ1v) is 9.84. The average molecular weight is 406 g/mol. The van der Waals surface area contributed by atoms with Crippen LogP contribution in [0.25, 0.3) is 0 Å². The SMILES string of the molecule is CC(C)(C)OC(=O)NCCC(=O)NCCNS(=O)(=O)c1cccc(Cl)c1. The van der Waals surface area contributed by atoms with Gasteiger partial charge in [0.2, 0.25) is 15.9 Å². The molecule has 1 rings (SSSR count). The van der Waals surface area contributed by atoms with Crippen molar-refractivity contribution in [2.24, 2.45) is 0 Å². The molecule has 10 heteroatoms. The van der Waals surface area contributed by atoms with E-state index in [9.17, 15) is 18.0 Å². The summed E-state index contributed by atoms with van der Waals surface area (Å²) in [6.45, 7) is 5.48. The van der Waals surface area contributed by atoms with Crippen LogP contribution in [0.5, 0.6) is 0 Å². The minimum absolute atomic E-state index is 0.0279. The van der Waals surface area contributed by atoms with Gasteiger partial charge >= 0.3 is 6.09 Å². The molecule has 1 aromatic carbocycles. The van der Waals surface area contributed by atoms with Crippen LogP contribution in [0.15, 0.2) is 29.2 Å². The summed E-state index contributed by atoms with van der Waals surface area (Å²) >= 11 is 5.77. The highest BCUT2D eigenvalue weighted by atomic mass is 35.5. The predicted molar refractivity (Wildman–Crippen MR) is 98.5 cm³/mol. The van der Waals surface area contributed by atoms with Crippen LogP contribution in [0, 0.1) is 0 Å². The second kappa shape index (κ2) is 9.75. The van der Waals surface area contributed by atoms with E-state index in [-0.39, 0.29) is 36.9 Å². The smallest absolute Gasteiger partial charge is 0.407 e. The molecule has 0 aliphatic carbocycles. The number of alkyl carbamates (subject to hydrolysis) is 1. The molecular weight excluding hydrogens is 382 g/mol. The van der Waals surface area contributed by atoms with Crippen LogP contribution in [-0.2, 0) is 19.6 Å². The Balaban J connectivity index is 2.25. The number of carbonyl (C=O) groups excluding carboxylic acids is 2. The highest BCUT2D eigenvalue weighted by Gasteiger charge is 2.16. The summed E-state index contributed by atoms with van der Waals surface area (Å²) < 4.78 is 31.5. The molecule has 2 amide bonds. The van der Waals surface area contributed by atoms with Gasteiger partial charge in [-0.25, -0.2) is 17.9 Å². The van der Waals surface area contributed by atoms with Crippen LogP contribution in [-0.4, -0.2) is 45.7 Å². The lowest BCUT2D eigenvalue weighted by Crippen LogP contribution is -2.37. The largest absolute Gasteiger partial charge is 0.444 e. The topological polar surface area (TPSA) is 114 Å². The molecule has 0 saturated heterocycles. The second-order valence-corrected chi connectivity index (χ2v) is 8.59. The Morgan fingerprint density at radius 2 is 1.81 bits per heavy atom. The quantitative estimate of drug-likeness (QED) is 0.569. The number of hydrogen-bond acceptors (Lipinski definition) is 5. The molecule has 0 atom stereocenters. The lowest BCUT2D eigenvalue weighted by molar-refractivity contribution is -0.120. The summed E-state index contributed by atoms with van der Waals surface area (Å²) in [4.78, 5) is 23.1. The van der Waals surface area contributed by atoms with Gasteiger partial charge in [-0.15, -0.1) is 0 Å². The van der Waals surface area contributed by atoms with Gasteiger partial charge in [0.25, 0.3) is 0 Å². The minimum Gasteiger partial charge on any atom is -0.444 e. The van der Waals surface area contributed by atoms with Gasteiger partial charge < -0.3 is 15.4 Å². The zero-order valence-corrected chi connectivity index (χ0v) is 16.5. The lowest BCUT2D eigenvalue weighted by atomic mass is 10.2. The van der Waals surface area contributed by atoms with Crippen LogP contribution < -0.4 is 15.4 Å². The molecule has 0 aromatic heterocycles. The van der Waals surface area contributed by atoms with Crippen molar-refractivity contribution in [2.45, 2.75) is 37.7 Å². The number of nitrogens with one attached hydrogen (secondary N) is 3. The van der Waals surface area contributed by atoms with Gasteiger partial charge in [-0.3, -0.25) is 4.79 Å². The zero-order chi connectivity index (χ0) is 19.8. The van der Waals surface area contributed by atoms with Crippen molar-refractivity contribution in [1.82, 2.24) is 15.4 Å². The van der Waals surface area contributed by atoms with E-state index in [2.05, 4.69) is 15.4 Å². The van der Waals surface area contributed by atoms with E-state index in [1.165, 1.54) is 18.2 Å². The fourth-order valence-corrected chi connectivity index (χ4v) is 3.12. The molecule has 3 N–H and O–H groups in total. The molecule has 0 bridgehead atoms. The minimum atomic E-state index is -3.69. The molecule has 0 heterocycles. The molecule has 26 heavy (non-hydrogen) atoms. The molecule has 8 nitrogen and oxygen atoms in total. The normalized spacial score (nSPS) is 11.7. The lowest BCUT2D eigenvalue weighted by Gasteiger charge is -2.19. The number of rotatable bonds is 8. The van der Waals surface area contributed by atoms with E-state index in [1.807, 2.05) is 0 Å². The summed E-state index contributed by atoms with van der Waals surface area (Å²) in [6, 6.07) is 5.88. The monoisotopic (exact) mass is 405 g/mol. The van der Waals surface area contributed by atoms with Crippen LogP contribution in [0.2, 0.25) is 5.02 Å². The van der Waals surface area contributed by atoms with Crippen molar-refractivity contribution in [2.75, 3.05) is 19.6 Å². The van der Waals surface area contributed by atoms with Crippen molar-refractivity contribution in [3.63, 3.8) is 0 Å². The van der Waals surface area contributed by atoms with Crippen molar-refractivity contribution in [3.05, 3.63) is 29.3 Å². The maximum atomic E-state index is 12.0. The van der Waals surface area contributed by atoms with Gasteiger partial charge in [-0.2, -0.15) is 0 Å². The van der Waals surface area contributed by atoms with E-state index >= 15 is 0 Å². The number of ether oxygens (including phenoxy) is 1. The van der Waals surface area contributed by atoms with Crippen LogP contribution >= 0.6 is 11.6 Å². The molecule has 0 unspecified atom stereocenters.